The summed E-state index contributed by atoms with van der Waals surface area (Å²) >= 11 is 0. The fourth-order valence-electron chi connectivity index (χ4n) is 2.30. The zero-order valence-corrected chi connectivity index (χ0v) is 15.2. The molecule has 0 aliphatic carbocycles. The number of hydrogen-bond acceptors (Lipinski definition) is 5. The van der Waals surface area contributed by atoms with Gasteiger partial charge in [0, 0.05) is 18.0 Å². The van der Waals surface area contributed by atoms with Crippen LogP contribution in [0, 0.1) is 25.5 Å². The summed E-state index contributed by atoms with van der Waals surface area (Å²) in [6.45, 7) is 3.42. The Kier molecular flexibility index (Phi) is 5.76. The van der Waals surface area contributed by atoms with Crippen LogP contribution in [-0.4, -0.2) is 21.5 Å². The number of methoxy groups -OCH3 is 1. The van der Waals surface area contributed by atoms with Crippen LogP contribution in [0.1, 0.15) is 11.1 Å². The normalized spacial score (nSPS) is 12.0. The third-order valence-electron chi connectivity index (χ3n) is 3.59. The van der Waals surface area contributed by atoms with E-state index in [1.54, 1.807) is 19.1 Å². The Bertz CT molecular complexity index is 985. The summed E-state index contributed by atoms with van der Waals surface area (Å²) in [5.41, 5.74) is 1.40. The molecule has 0 saturated heterocycles. The summed E-state index contributed by atoms with van der Waals surface area (Å²) in [4.78, 5) is 11.3. The van der Waals surface area contributed by atoms with Crippen molar-refractivity contribution in [3.05, 3.63) is 70.3 Å². The molecular formula is C18H17F2NO4S. The van der Waals surface area contributed by atoms with Gasteiger partial charge in [-0.15, -0.1) is 0 Å². The molecule has 0 amide bonds. The lowest BCUT2D eigenvalue weighted by Gasteiger charge is -2.11. The molecule has 26 heavy (non-hydrogen) atoms. The predicted molar refractivity (Wildman–Crippen MR) is 93.2 cm³/mol. The second kappa shape index (κ2) is 7.65. The predicted octanol–water partition coefficient (Wildman–Crippen LogP) is 3.48. The Morgan fingerprint density at radius 2 is 1.77 bits per heavy atom. The molecule has 2 aromatic carbocycles. The Hall–Kier alpha value is -2.74. The first-order chi connectivity index (χ1) is 12.2. The van der Waals surface area contributed by atoms with Crippen LogP contribution in [0.15, 0.2) is 52.4 Å². The quantitative estimate of drug-likeness (QED) is 0.634. The van der Waals surface area contributed by atoms with Crippen molar-refractivity contribution in [3.63, 3.8) is 0 Å². The summed E-state index contributed by atoms with van der Waals surface area (Å²) in [6.07, 6.45) is 0.896. The average molecular weight is 381 g/mol. The smallest absolute Gasteiger partial charge is 0.351 e. The van der Waals surface area contributed by atoms with E-state index in [4.69, 9.17) is 0 Å². The molecule has 0 aromatic heterocycles. The maximum atomic E-state index is 13.3. The number of esters is 1. The molecule has 0 bridgehead atoms. The van der Waals surface area contributed by atoms with Gasteiger partial charge in [0.05, 0.1) is 12.0 Å². The molecule has 0 atom stereocenters. The van der Waals surface area contributed by atoms with Gasteiger partial charge >= 0.3 is 5.97 Å². The monoisotopic (exact) mass is 381 g/mol. The van der Waals surface area contributed by atoms with E-state index in [9.17, 15) is 22.0 Å². The van der Waals surface area contributed by atoms with Crippen LogP contribution in [0.25, 0.3) is 0 Å². The van der Waals surface area contributed by atoms with Gasteiger partial charge in [-0.05, 0) is 37.6 Å². The SMILES string of the molecule is COC(=O)C(=CNc1ccc(F)c(F)c1)S(=O)(=O)c1ccc(C)cc1C. The number of halogens is 2. The lowest BCUT2D eigenvalue weighted by molar-refractivity contribution is -0.135. The van der Waals surface area contributed by atoms with Gasteiger partial charge in [-0.25, -0.2) is 22.0 Å². The molecule has 0 unspecified atom stereocenters. The Morgan fingerprint density at radius 1 is 1.08 bits per heavy atom. The first-order valence-corrected chi connectivity index (χ1v) is 8.97. The third kappa shape index (κ3) is 4.08. The van der Waals surface area contributed by atoms with Crippen molar-refractivity contribution in [3.8, 4) is 0 Å². The van der Waals surface area contributed by atoms with Crippen LogP contribution in [0.3, 0.4) is 0 Å². The van der Waals surface area contributed by atoms with Gasteiger partial charge in [-0.2, -0.15) is 0 Å². The second-order valence-electron chi connectivity index (χ2n) is 5.55. The standard InChI is InChI=1S/C18H17F2NO4S/c1-11-4-7-16(12(2)8-11)26(23,24)17(18(22)25-3)10-21-13-5-6-14(19)15(20)9-13/h4-10,21H,1-3H3. The number of aryl methyl sites for hydroxylation is 2. The summed E-state index contributed by atoms with van der Waals surface area (Å²) < 4.78 is 56.5. The van der Waals surface area contributed by atoms with E-state index < -0.39 is 32.3 Å². The molecule has 0 spiro atoms. The van der Waals surface area contributed by atoms with E-state index in [0.29, 0.717) is 5.56 Å². The number of hydrogen-bond donors (Lipinski definition) is 1. The topological polar surface area (TPSA) is 72.5 Å². The van der Waals surface area contributed by atoms with Crippen molar-refractivity contribution >= 4 is 21.5 Å². The number of nitrogens with one attached hydrogen (secondary N) is 1. The van der Waals surface area contributed by atoms with Crippen LogP contribution >= 0.6 is 0 Å². The number of carbonyl (C=O) groups excluding carboxylic acids is 1. The van der Waals surface area contributed by atoms with Gasteiger partial charge in [-0.3, -0.25) is 0 Å². The summed E-state index contributed by atoms with van der Waals surface area (Å²) in [5.74, 6) is -3.24. The molecule has 2 rings (SSSR count). The van der Waals surface area contributed by atoms with Gasteiger partial charge in [0.1, 0.15) is 0 Å². The molecule has 5 nitrogen and oxygen atoms in total. The highest BCUT2D eigenvalue weighted by atomic mass is 32.2. The van der Waals surface area contributed by atoms with Crippen molar-refractivity contribution < 1.29 is 26.7 Å². The lowest BCUT2D eigenvalue weighted by atomic mass is 10.2. The molecule has 0 fully saturated rings. The zero-order chi connectivity index (χ0) is 19.5. The molecule has 0 aliphatic rings. The second-order valence-corrected chi connectivity index (χ2v) is 7.43. The van der Waals surface area contributed by atoms with Crippen LogP contribution in [0.2, 0.25) is 0 Å². The van der Waals surface area contributed by atoms with E-state index in [1.165, 1.54) is 12.1 Å². The van der Waals surface area contributed by atoms with Crippen molar-refractivity contribution in [2.24, 2.45) is 0 Å². The lowest BCUT2D eigenvalue weighted by Crippen LogP contribution is -2.17. The maximum Gasteiger partial charge on any atom is 0.351 e. The van der Waals surface area contributed by atoms with Gasteiger partial charge < -0.3 is 10.1 Å². The van der Waals surface area contributed by atoms with E-state index in [1.807, 2.05) is 6.92 Å². The molecule has 0 radical (unpaired) electrons. The number of benzene rings is 2. The molecule has 8 heteroatoms. The van der Waals surface area contributed by atoms with Crippen molar-refractivity contribution in [1.29, 1.82) is 0 Å². The van der Waals surface area contributed by atoms with Crippen molar-refractivity contribution in [2.45, 2.75) is 18.7 Å². The van der Waals surface area contributed by atoms with Crippen LogP contribution in [0.5, 0.6) is 0 Å². The number of ether oxygens (including phenoxy) is 1. The molecule has 2 aromatic rings. The van der Waals surface area contributed by atoms with E-state index in [0.717, 1.165) is 31.0 Å². The molecule has 0 saturated carbocycles. The highest BCUT2D eigenvalue weighted by Crippen LogP contribution is 2.25. The highest BCUT2D eigenvalue weighted by molar-refractivity contribution is 7.96. The molecule has 138 valence electrons. The fraction of sp³-hybridized carbons (Fsp3) is 0.167. The van der Waals surface area contributed by atoms with Gasteiger partial charge in [-0.1, -0.05) is 17.7 Å². The number of rotatable bonds is 5. The van der Waals surface area contributed by atoms with Crippen LogP contribution < -0.4 is 5.32 Å². The average Bonchev–Trinajstić information content (AvgIpc) is 2.57. The molecule has 1 N–H and O–H groups in total. The third-order valence-corrected chi connectivity index (χ3v) is 5.49. The maximum absolute atomic E-state index is 13.3. The van der Waals surface area contributed by atoms with Crippen LogP contribution in [0.4, 0.5) is 14.5 Å². The Morgan fingerprint density at radius 3 is 2.35 bits per heavy atom. The number of anilines is 1. The highest BCUT2D eigenvalue weighted by Gasteiger charge is 2.29. The Labute approximate surface area is 150 Å². The van der Waals surface area contributed by atoms with E-state index in [2.05, 4.69) is 10.1 Å². The largest absolute Gasteiger partial charge is 0.465 e. The van der Waals surface area contributed by atoms with Gasteiger partial charge in [0.15, 0.2) is 16.5 Å². The first kappa shape index (κ1) is 19.6. The number of sulfone groups is 1. The van der Waals surface area contributed by atoms with Crippen molar-refractivity contribution in [1.82, 2.24) is 0 Å². The minimum absolute atomic E-state index is 0.0492. The van der Waals surface area contributed by atoms with Gasteiger partial charge in [0.25, 0.3) is 0 Å². The van der Waals surface area contributed by atoms with E-state index >= 15 is 0 Å². The van der Waals surface area contributed by atoms with Crippen LogP contribution in [-0.2, 0) is 19.4 Å². The number of carbonyl (C=O) groups is 1. The van der Waals surface area contributed by atoms with Gasteiger partial charge in [0.2, 0.25) is 9.84 Å². The minimum atomic E-state index is -4.19. The van der Waals surface area contributed by atoms with E-state index in [-0.39, 0.29) is 10.6 Å². The zero-order valence-electron chi connectivity index (χ0n) is 14.3. The molecular weight excluding hydrogens is 364 g/mol. The summed E-state index contributed by atoms with van der Waals surface area (Å²) in [6, 6.07) is 7.59. The summed E-state index contributed by atoms with van der Waals surface area (Å²) in [5, 5.41) is 2.49. The fourth-order valence-corrected chi connectivity index (χ4v) is 3.78. The Balaban J connectivity index is 2.49. The first-order valence-electron chi connectivity index (χ1n) is 7.49. The minimum Gasteiger partial charge on any atom is -0.465 e. The summed E-state index contributed by atoms with van der Waals surface area (Å²) in [7, 11) is -3.15. The molecule has 0 aliphatic heterocycles. The molecule has 0 heterocycles. The van der Waals surface area contributed by atoms with Crippen molar-refractivity contribution in [2.75, 3.05) is 12.4 Å².